The van der Waals surface area contributed by atoms with E-state index in [2.05, 4.69) is 19.8 Å². The molecule has 3 saturated heterocycles. The summed E-state index contributed by atoms with van der Waals surface area (Å²) in [5.41, 5.74) is 1.94. The van der Waals surface area contributed by atoms with Gasteiger partial charge in [-0.15, -0.1) is 0 Å². The fourth-order valence-corrected chi connectivity index (χ4v) is 6.57. The van der Waals surface area contributed by atoms with Crippen LogP contribution in [0.5, 0.6) is 0 Å². The highest BCUT2D eigenvalue weighted by Gasteiger charge is 2.36. The summed E-state index contributed by atoms with van der Waals surface area (Å²) in [4.78, 5) is 28.5. The van der Waals surface area contributed by atoms with Gasteiger partial charge in [0.1, 0.15) is 0 Å². The molecule has 4 rings (SSSR count). The van der Waals surface area contributed by atoms with Crippen molar-refractivity contribution in [2.45, 2.75) is 39.2 Å². The van der Waals surface area contributed by atoms with Gasteiger partial charge in [0, 0.05) is 62.6 Å². The molecule has 0 N–H and O–H groups in total. The molecule has 1 atom stereocenters. The van der Waals surface area contributed by atoms with Crippen molar-refractivity contribution >= 4 is 21.7 Å². The second-order valence-corrected chi connectivity index (χ2v) is 10.9. The third kappa shape index (κ3) is 4.71. The molecule has 8 nitrogen and oxygen atoms in total. The average molecular weight is 422 g/mol. The molecular formula is C20H31N5O3S. The van der Waals surface area contributed by atoms with Crippen molar-refractivity contribution in [1.82, 2.24) is 19.8 Å². The van der Waals surface area contributed by atoms with Crippen molar-refractivity contribution in [3.8, 4) is 0 Å². The highest BCUT2D eigenvalue weighted by atomic mass is 32.2. The van der Waals surface area contributed by atoms with Gasteiger partial charge in [0.25, 0.3) is 0 Å². The molecule has 0 aromatic carbocycles. The lowest BCUT2D eigenvalue weighted by Crippen LogP contribution is -2.54. The monoisotopic (exact) mass is 421 g/mol. The molecule has 1 unspecified atom stereocenters. The Morgan fingerprint density at radius 2 is 1.59 bits per heavy atom. The number of aryl methyl sites for hydroxylation is 2. The smallest absolute Gasteiger partial charge is 0.225 e. The minimum Gasteiger partial charge on any atom is -0.341 e. The van der Waals surface area contributed by atoms with Crippen LogP contribution in [0.1, 0.15) is 30.7 Å². The van der Waals surface area contributed by atoms with E-state index >= 15 is 0 Å². The number of aromatic nitrogens is 2. The van der Waals surface area contributed by atoms with Crippen LogP contribution < -0.4 is 4.90 Å². The normalized spacial score (nSPS) is 26.1. The van der Waals surface area contributed by atoms with E-state index < -0.39 is 9.84 Å². The first-order valence-corrected chi connectivity index (χ1v) is 12.4. The van der Waals surface area contributed by atoms with Crippen LogP contribution >= 0.6 is 0 Å². The highest BCUT2D eigenvalue weighted by molar-refractivity contribution is 7.91. The number of carbonyl (C=O) groups is 1. The molecule has 3 aliphatic rings. The molecular weight excluding hydrogens is 390 g/mol. The van der Waals surface area contributed by atoms with Crippen LogP contribution in [0.25, 0.3) is 0 Å². The van der Waals surface area contributed by atoms with Gasteiger partial charge in [0.05, 0.1) is 11.5 Å². The van der Waals surface area contributed by atoms with Crippen LogP contribution in [-0.4, -0.2) is 90.9 Å². The zero-order valence-electron chi connectivity index (χ0n) is 17.4. The second kappa shape index (κ2) is 8.18. The molecule has 3 fully saturated rings. The van der Waals surface area contributed by atoms with Crippen LogP contribution in [0.2, 0.25) is 0 Å². The first-order valence-electron chi connectivity index (χ1n) is 10.6. The molecule has 0 aliphatic carbocycles. The molecule has 1 aromatic heterocycles. The zero-order chi connectivity index (χ0) is 20.6. The predicted molar refractivity (Wildman–Crippen MR) is 112 cm³/mol. The third-order valence-electron chi connectivity index (χ3n) is 6.45. The van der Waals surface area contributed by atoms with E-state index in [4.69, 9.17) is 0 Å². The molecule has 0 spiro atoms. The minimum atomic E-state index is -2.86. The Morgan fingerprint density at radius 3 is 2.14 bits per heavy atom. The lowest BCUT2D eigenvalue weighted by atomic mass is 9.95. The van der Waals surface area contributed by atoms with Gasteiger partial charge in [-0.3, -0.25) is 9.69 Å². The van der Waals surface area contributed by atoms with Gasteiger partial charge in [0.2, 0.25) is 11.9 Å². The van der Waals surface area contributed by atoms with Crippen molar-refractivity contribution < 1.29 is 13.2 Å². The van der Waals surface area contributed by atoms with E-state index in [-0.39, 0.29) is 23.6 Å². The first kappa shape index (κ1) is 20.5. The molecule has 29 heavy (non-hydrogen) atoms. The van der Waals surface area contributed by atoms with Gasteiger partial charge >= 0.3 is 0 Å². The number of rotatable bonds is 3. The Labute approximate surface area is 173 Å². The van der Waals surface area contributed by atoms with Crippen molar-refractivity contribution in [1.29, 1.82) is 0 Å². The van der Waals surface area contributed by atoms with Gasteiger partial charge in [-0.2, -0.15) is 0 Å². The van der Waals surface area contributed by atoms with Gasteiger partial charge in [-0.1, -0.05) is 0 Å². The summed E-state index contributed by atoms with van der Waals surface area (Å²) in [6.45, 7) is 8.54. The summed E-state index contributed by atoms with van der Waals surface area (Å²) in [6.07, 6.45) is 2.39. The number of nitrogens with zero attached hydrogens (tertiary/aromatic N) is 5. The van der Waals surface area contributed by atoms with Crippen LogP contribution in [0.15, 0.2) is 6.07 Å². The summed E-state index contributed by atoms with van der Waals surface area (Å²) < 4.78 is 23.4. The summed E-state index contributed by atoms with van der Waals surface area (Å²) in [5, 5.41) is 0. The van der Waals surface area contributed by atoms with Gasteiger partial charge in [-0.05, 0) is 39.2 Å². The maximum atomic E-state index is 13.0. The van der Waals surface area contributed by atoms with Gasteiger partial charge in [-0.25, -0.2) is 18.4 Å². The molecule has 160 valence electrons. The van der Waals surface area contributed by atoms with Crippen LogP contribution in [0.4, 0.5) is 5.95 Å². The summed E-state index contributed by atoms with van der Waals surface area (Å²) in [5.74, 6) is 1.67. The van der Waals surface area contributed by atoms with Crippen LogP contribution in [-0.2, 0) is 14.6 Å². The van der Waals surface area contributed by atoms with Gasteiger partial charge in [0.15, 0.2) is 9.84 Å². The maximum Gasteiger partial charge on any atom is 0.225 e. The largest absolute Gasteiger partial charge is 0.341 e. The van der Waals surface area contributed by atoms with E-state index in [1.54, 1.807) is 0 Å². The molecule has 0 bridgehead atoms. The highest BCUT2D eigenvalue weighted by Crippen LogP contribution is 2.25. The molecule has 0 radical (unpaired) electrons. The maximum absolute atomic E-state index is 13.0. The number of sulfone groups is 1. The van der Waals surface area contributed by atoms with Gasteiger partial charge < -0.3 is 9.80 Å². The number of amides is 1. The topological polar surface area (TPSA) is 86.7 Å². The fourth-order valence-electron chi connectivity index (χ4n) is 4.80. The van der Waals surface area contributed by atoms with Crippen molar-refractivity contribution in [3.05, 3.63) is 17.5 Å². The second-order valence-electron chi connectivity index (χ2n) is 8.63. The van der Waals surface area contributed by atoms with E-state index in [0.717, 1.165) is 62.8 Å². The van der Waals surface area contributed by atoms with E-state index in [1.807, 2.05) is 24.8 Å². The predicted octanol–water partition coefficient (Wildman–Crippen LogP) is 0.641. The Morgan fingerprint density at radius 1 is 0.966 bits per heavy atom. The number of piperidine rings is 1. The quantitative estimate of drug-likeness (QED) is 0.708. The van der Waals surface area contributed by atoms with Crippen molar-refractivity contribution in [2.24, 2.45) is 5.92 Å². The lowest BCUT2D eigenvalue weighted by molar-refractivity contribution is -0.138. The Balaban J connectivity index is 1.27. The minimum absolute atomic E-state index is 0.0653. The SMILES string of the molecule is Cc1cc(C)nc(N2CCC(C(=O)N3CCN(C4CCS(=O)(=O)C4)CC3)CC2)n1. The molecule has 3 aliphatic heterocycles. The molecule has 1 amide bonds. The standard InChI is InChI=1S/C20H31N5O3S/c1-15-13-16(2)22-20(21-15)25-6-3-17(4-7-25)19(26)24-10-8-23(9-11-24)18-5-12-29(27,28)14-18/h13,17-18H,3-12,14H2,1-2H3. The molecule has 1 aromatic rings. The van der Waals surface area contributed by atoms with Crippen LogP contribution in [0, 0.1) is 19.8 Å². The summed E-state index contributed by atoms with van der Waals surface area (Å²) in [7, 11) is -2.86. The van der Waals surface area contributed by atoms with Crippen molar-refractivity contribution in [3.63, 3.8) is 0 Å². The third-order valence-corrected chi connectivity index (χ3v) is 8.20. The summed E-state index contributed by atoms with van der Waals surface area (Å²) in [6, 6.07) is 2.11. The van der Waals surface area contributed by atoms with E-state index in [9.17, 15) is 13.2 Å². The molecule has 9 heteroatoms. The number of carbonyl (C=O) groups excluding carboxylic acids is 1. The molecule has 0 saturated carbocycles. The number of piperazine rings is 1. The van der Waals surface area contributed by atoms with E-state index in [0.29, 0.717) is 18.8 Å². The first-order chi connectivity index (χ1) is 13.8. The number of hydrogen-bond acceptors (Lipinski definition) is 7. The Bertz CT molecular complexity index is 839. The number of anilines is 1. The van der Waals surface area contributed by atoms with E-state index in [1.165, 1.54) is 0 Å². The Kier molecular flexibility index (Phi) is 5.79. The Hall–Kier alpha value is -1.74. The lowest BCUT2D eigenvalue weighted by Gasteiger charge is -2.40. The number of hydrogen-bond donors (Lipinski definition) is 0. The zero-order valence-corrected chi connectivity index (χ0v) is 18.2. The van der Waals surface area contributed by atoms with Crippen LogP contribution in [0.3, 0.4) is 0 Å². The fraction of sp³-hybridized carbons (Fsp3) is 0.750. The summed E-state index contributed by atoms with van der Waals surface area (Å²) >= 11 is 0. The van der Waals surface area contributed by atoms with Crippen molar-refractivity contribution in [2.75, 3.05) is 55.7 Å². The molecule has 4 heterocycles. The average Bonchev–Trinajstić information content (AvgIpc) is 3.07.